The molecule has 0 aliphatic heterocycles. The lowest BCUT2D eigenvalue weighted by atomic mass is 10.1. The van der Waals surface area contributed by atoms with E-state index in [-0.39, 0.29) is 11.9 Å². The number of hydrogen-bond acceptors (Lipinski definition) is 6. The van der Waals surface area contributed by atoms with E-state index in [4.69, 9.17) is 0 Å². The Hall–Kier alpha value is -3.35. The minimum Gasteiger partial charge on any atom is -0.361 e. The summed E-state index contributed by atoms with van der Waals surface area (Å²) in [6, 6.07) is 12.9. The highest BCUT2D eigenvalue weighted by atomic mass is 16.2. The number of aromatic nitrogens is 4. The predicted molar refractivity (Wildman–Crippen MR) is 104 cm³/mol. The number of hydrogen-bond donors (Lipinski definition) is 0. The molecule has 0 saturated carbocycles. The van der Waals surface area contributed by atoms with Crippen LogP contribution in [0, 0.1) is 0 Å². The predicted octanol–water partition coefficient (Wildman–Crippen LogP) is 2.83. The first-order valence-corrected chi connectivity index (χ1v) is 8.62. The Morgan fingerprint density at radius 1 is 0.963 bits per heavy atom. The quantitative estimate of drug-likeness (QED) is 0.695. The average Bonchev–Trinajstić information content (AvgIpc) is 2.73. The van der Waals surface area contributed by atoms with Gasteiger partial charge in [-0.05, 0) is 37.3 Å². The summed E-state index contributed by atoms with van der Waals surface area (Å²) in [5, 5.41) is 8.43. The zero-order chi connectivity index (χ0) is 19.4. The normalized spacial score (nSPS) is 11.7. The molecule has 0 spiro atoms. The van der Waals surface area contributed by atoms with Gasteiger partial charge in [-0.15, -0.1) is 10.2 Å². The molecule has 3 rings (SSSR count). The van der Waals surface area contributed by atoms with Crippen molar-refractivity contribution in [1.29, 1.82) is 0 Å². The van der Waals surface area contributed by atoms with Crippen LogP contribution in [0.15, 0.2) is 55.0 Å². The summed E-state index contributed by atoms with van der Waals surface area (Å²) in [6.07, 6.45) is 3.16. The molecular weight excluding hydrogens is 340 g/mol. The van der Waals surface area contributed by atoms with Crippen molar-refractivity contribution in [2.45, 2.75) is 13.0 Å². The van der Waals surface area contributed by atoms with Crippen LogP contribution in [-0.2, 0) is 0 Å². The van der Waals surface area contributed by atoms with Gasteiger partial charge >= 0.3 is 0 Å². The van der Waals surface area contributed by atoms with E-state index in [0.717, 1.165) is 22.8 Å². The van der Waals surface area contributed by atoms with Gasteiger partial charge in [0.25, 0.3) is 5.91 Å². The topological polar surface area (TPSA) is 75.1 Å². The van der Waals surface area contributed by atoms with Gasteiger partial charge in [-0.25, -0.2) is 9.97 Å². The number of benzene rings is 1. The van der Waals surface area contributed by atoms with Gasteiger partial charge in [-0.3, -0.25) is 4.79 Å². The van der Waals surface area contributed by atoms with Gasteiger partial charge in [0.1, 0.15) is 6.33 Å². The van der Waals surface area contributed by atoms with Crippen molar-refractivity contribution in [1.82, 2.24) is 25.1 Å². The van der Waals surface area contributed by atoms with Crippen molar-refractivity contribution in [3.8, 4) is 11.3 Å². The van der Waals surface area contributed by atoms with E-state index in [0.29, 0.717) is 5.56 Å². The first kappa shape index (κ1) is 18.4. The SMILES string of the molecule is CC(c1ccncn1)N(C)C(=O)c1ccc(-c2ccc(N(C)C)nn2)cc1. The van der Waals surface area contributed by atoms with Gasteiger partial charge in [-0.2, -0.15) is 0 Å². The van der Waals surface area contributed by atoms with Crippen LogP contribution in [0.3, 0.4) is 0 Å². The summed E-state index contributed by atoms with van der Waals surface area (Å²) in [7, 11) is 5.61. The van der Waals surface area contributed by atoms with Crippen molar-refractivity contribution in [3.05, 3.63) is 66.2 Å². The highest BCUT2D eigenvalue weighted by Crippen LogP contribution is 2.21. The van der Waals surface area contributed by atoms with Gasteiger partial charge in [0.05, 0.1) is 17.4 Å². The molecule has 27 heavy (non-hydrogen) atoms. The molecule has 7 nitrogen and oxygen atoms in total. The third-order valence-corrected chi connectivity index (χ3v) is 4.47. The Labute approximate surface area is 158 Å². The van der Waals surface area contributed by atoms with Crippen LogP contribution < -0.4 is 4.90 Å². The maximum absolute atomic E-state index is 12.8. The molecule has 1 unspecified atom stereocenters. The number of carbonyl (C=O) groups is 1. The minimum absolute atomic E-state index is 0.0679. The number of carbonyl (C=O) groups excluding carboxylic acids is 1. The molecule has 0 radical (unpaired) electrons. The molecule has 7 heteroatoms. The molecule has 138 valence electrons. The minimum atomic E-state index is -0.148. The number of rotatable bonds is 5. The second kappa shape index (κ2) is 7.90. The maximum Gasteiger partial charge on any atom is 0.254 e. The van der Waals surface area contributed by atoms with Gasteiger partial charge in [0.2, 0.25) is 0 Å². The van der Waals surface area contributed by atoms with Crippen molar-refractivity contribution in [2.24, 2.45) is 0 Å². The monoisotopic (exact) mass is 362 g/mol. The summed E-state index contributed by atoms with van der Waals surface area (Å²) >= 11 is 0. The summed E-state index contributed by atoms with van der Waals surface area (Å²) in [5.41, 5.74) is 3.09. The Kier molecular flexibility index (Phi) is 5.40. The first-order chi connectivity index (χ1) is 13.0. The van der Waals surface area contributed by atoms with E-state index in [1.54, 1.807) is 18.1 Å². The standard InChI is InChI=1S/C20H22N6O/c1-14(17-11-12-21-13-22-17)26(4)20(27)16-7-5-15(6-8-16)18-9-10-19(24-23-18)25(2)3/h5-14H,1-4H3. The number of nitrogens with zero attached hydrogens (tertiary/aromatic N) is 6. The highest BCUT2D eigenvalue weighted by molar-refractivity contribution is 5.94. The van der Waals surface area contributed by atoms with Gasteiger partial charge in [-0.1, -0.05) is 12.1 Å². The highest BCUT2D eigenvalue weighted by Gasteiger charge is 2.19. The van der Waals surface area contributed by atoms with Gasteiger partial charge in [0, 0.05) is 38.5 Å². The molecular formula is C20H22N6O. The van der Waals surface area contributed by atoms with Crippen LogP contribution in [0.2, 0.25) is 0 Å². The molecule has 2 aromatic heterocycles. The summed E-state index contributed by atoms with van der Waals surface area (Å²) in [6.45, 7) is 1.94. The molecule has 0 aliphatic rings. The van der Waals surface area contributed by atoms with Crippen molar-refractivity contribution in [3.63, 3.8) is 0 Å². The second-order valence-electron chi connectivity index (χ2n) is 6.47. The molecule has 0 bridgehead atoms. The summed E-state index contributed by atoms with van der Waals surface area (Å²) in [5.74, 6) is 0.729. The Bertz CT molecular complexity index is 894. The molecule has 3 aromatic rings. The van der Waals surface area contributed by atoms with Crippen LogP contribution in [0.1, 0.15) is 29.0 Å². The maximum atomic E-state index is 12.8. The molecule has 1 aromatic carbocycles. The van der Waals surface area contributed by atoms with E-state index in [2.05, 4.69) is 20.2 Å². The van der Waals surface area contributed by atoms with Gasteiger partial charge in [0.15, 0.2) is 5.82 Å². The number of anilines is 1. The van der Waals surface area contributed by atoms with E-state index < -0.39 is 0 Å². The lowest BCUT2D eigenvalue weighted by molar-refractivity contribution is 0.0739. The Morgan fingerprint density at radius 2 is 1.70 bits per heavy atom. The third-order valence-electron chi connectivity index (χ3n) is 4.47. The smallest absolute Gasteiger partial charge is 0.254 e. The molecule has 0 N–H and O–H groups in total. The largest absolute Gasteiger partial charge is 0.361 e. The molecule has 0 saturated heterocycles. The van der Waals surface area contributed by atoms with Gasteiger partial charge < -0.3 is 9.80 Å². The zero-order valence-electron chi connectivity index (χ0n) is 15.9. The summed E-state index contributed by atoms with van der Waals surface area (Å²) in [4.78, 5) is 24.5. The molecule has 1 atom stereocenters. The lowest BCUT2D eigenvalue weighted by Gasteiger charge is -2.24. The Balaban J connectivity index is 1.75. The number of amides is 1. The van der Waals surface area contributed by atoms with E-state index in [1.807, 2.05) is 68.4 Å². The molecule has 1 amide bonds. The summed E-state index contributed by atoms with van der Waals surface area (Å²) < 4.78 is 0. The van der Waals surface area contributed by atoms with Crippen molar-refractivity contribution >= 4 is 11.7 Å². The fraction of sp³-hybridized carbons (Fsp3) is 0.250. The van der Waals surface area contributed by atoms with Crippen LogP contribution in [0.4, 0.5) is 5.82 Å². The molecule has 2 heterocycles. The zero-order valence-corrected chi connectivity index (χ0v) is 15.9. The van der Waals surface area contributed by atoms with Crippen molar-refractivity contribution in [2.75, 3.05) is 26.0 Å². The van der Waals surface area contributed by atoms with Crippen molar-refractivity contribution < 1.29 is 4.79 Å². The van der Waals surface area contributed by atoms with Crippen LogP contribution in [0.25, 0.3) is 11.3 Å². The van der Waals surface area contributed by atoms with E-state index in [1.165, 1.54) is 6.33 Å². The van der Waals surface area contributed by atoms with Crippen LogP contribution in [0.5, 0.6) is 0 Å². The first-order valence-electron chi connectivity index (χ1n) is 8.62. The van der Waals surface area contributed by atoms with Crippen LogP contribution >= 0.6 is 0 Å². The molecule has 0 fully saturated rings. The Morgan fingerprint density at radius 3 is 2.26 bits per heavy atom. The van der Waals surface area contributed by atoms with Crippen LogP contribution in [-0.4, -0.2) is 52.1 Å². The van der Waals surface area contributed by atoms with E-state index >= 15 is 0 Å². The average molecular weight is 362 g/mol. The lowest BCUT2D eigenvalue weighted by Crippen LogP contribution is -2.30. The van der Waals surface area contributed by atoms with E-state index in [9.17, 15) is 4.79 Å². The molecule has 0 aliphatic carbocycles. The second-order valence-corrected chi connectivity index (χ2v) is 6.47. The third kappa shape index (κ3) is 4.08. The fourth-order valence-corrected chi connectivity index (χ4v) is 2.63. The fourth-order valence-electron chi connectivity index (χ4n) is 2.63.